The summed E-state index contributed by atoms with van der Waals surface area (Å²) in [6, 6.07) is 3.98. The zero-order valence-corrected chi connectivity index (χ0v) is 13.3. The SMILES string of the molecule is Cc1ccc2c(N[C@H]3C4CCN(CC4)C3(C)C)noc2c1F. The molecule has 2 bridgehead atoms. The van der Waals surface area contributed by atoms with Gasteiger partial charge < -0.3 is 9.84 Å². The van der Waals surface area contributed by atoms with E-state index >= 15 is 0 Å². The monoisotopic (exact) mass is 303 g/mol. The molecule has 118 valence electrons. The molecule has 0 unspecified atom stereocenters. The highest BCUT2D eigenvalue weighted by atomic mass is 19.1. The van der Waals surface area contributed by atoms with Gasteiger partial charge in [0, 0.05) is 11.6 Å². The Kier molecular flexibility index (Phi) is 2.98. The number of nitrogens with one attached hydrogen (secondary N) is 1. The van der Waals surface area contributed by atoms with Crippen molar-refractivity contribution in [2.75, 3.05) is 18.4 Å². The van der Waals surface area contributed by atoms with Crippen molar-refractivity contribution in [1.29, 1.82) is 0 Å². The number of hydrogen-bond acceptors (Lipinski definition) is 4. The molecule has 22 heavy (non-hydrogen) atoms. The van der Waals surface area contributed by atoms with Gasteiger partial charge in [-0.3, -0.25) is 4.90 Å². The van der Waals surface area contributed by atoms with Crippen molar-refractivity contribution in [3.8, 4) is 0 Å². The maximum atomic E-state index is 14.1. The first-order valence-electron chi connectivity index (χ1n) is 8.04. The van der Waals surface area contributed by atoms with Gasteiger partial charge in [-0.15, -0.1) is 0 Å². The molecule has 3 fully saturated rings. The average Bonchev–Trinajstić information content (AvgIpc) is 2.91. The van der Waals surface area contributed by atoms with Gasteiger partial charge in [0.2, 0.25) is 5.58 Å². The van der Waals surface area contributed by atoms with E-state index in [4.69, 9.17) is 4.52 Å². The third kappa shape index (κ3) is 1.88. The number of aryl methyl sites for hydroxylation is 1. The highest BCUT2D eigenvalue weighted by Gasteiger charge is 2.47. The molecule has 0 amide bonds. The molecule has 4 heterocycles. The minimum atomic E-state index is -0.314. The van der Waals surface area contributed by atoms with Crippen molar-refractivity contribution >= 4 is 16.8 Å². The van der Waals surface area contributed by atoms with Gasteiger partial charge >= 0.3 is 0 Å². The Morgan fingerprint density at radius 3 is 2.73 bits per heavy atom. The van der Waals surface area contributed by atoms with E-state index in [9.17, 15) is 4.39 Å². The fourth-order valence-electron chi connectivity index (χ4n) is 4.20. The first kappa shape index (κ1) is 14.0. The summed E-state index contributed by atoms with van der Waals surface area (Å²) < 4.78 is 19.4. The Labute approximate surface area is 129 Å². The molecule has 1 N–H and O–H groups in total. The van der Waals surface area contributed by atoms with Crippen LogP contribution in [0.2, 0.25) is 0 Å². The molecule has 4 nitrogen and oxygen atoms in total. The fraction of sp³-hybridized carbons (Fsp3) is 0.588. The van der Waals surface area contributed by atoms with E-state index in [2.05, 4.69) is 29.2 Å². The molecule has 5 heteroatoms. The summed E-state index contributed by atoms with van der Waals surface area (Å²) in [5.41, 5.74) is 0.912. The van der Waals surface area contributed by atoms with Gasteiger partial charge in [0.05, 0.1) is 5.39 Å². The smallest absolute Gasteiger partial charge is 0.204 e. The fourth-order valence-corrected chi connectivity index (χ4v) is 4.20. The van der Waals surface area contributed by atoms with Crippen LogP contribution < -0.4 is 5.32 Å². The summed E-state index contributed by atoms with van der Waals surface area (Å²) >= 11 is 0. The van der Waals surface area contributed by atoms with E-state index in [0.717, 1.165) is 5.39 Å². The van der Waals surface area contributed by atoms with Crippen LogP contribution in [-0.4, -0.2) is 34.7 Å². The molecule has 0 spiro atoms. The van der Waals surface area contributed by atoms with Crippen LogP contribution in [0.15, 0.2) is 16.7 Å². The van der Waals surface area contributed by atoms with Crippen molar-refractivity contribution < 1.29 is 8.91 Å². The minimum Gasteiger partial charge on any atom is -0.362 e. The van der Waals surface area contributed by atoms with E-state index < -0.39 is 0 Å². The van der Waals surface area contributed by atoms with Crippen molar-refractivity contribution in [1.82, 2.24) is 10.1 Å². The Balaban J connectivity index is 1.70. The Morgan fingerprint density at radius 1 is 1.32 bits per heavy atom. The second kappa shape index (κ2) is 4.69. The number of rotatable bonds is 2. The first-order valence-corrected chi connectivity index (χ1v) is 8.04. The van der Waals surface area contributed by atoms with Crippen LogP contribution in [0.1, 0.15) is 32.3 Å². The van der Waals surface area contributed by atoms with Crippen LogP contribution in [0.25, 0.3) is 11.0 Å². The third-order valence-corrected chi connectivity index (χ3v) is 5.65. The zero-order chi connectivity index (χ0) is 15.5. The number of nitrogens with zero attached hydrogens (tertiary/aromatic N) is 2. The van der Waals surface area contributed by atoms with Gasteiger partial charge in [0.15, 0.2) is 11.6 Å². The Morgan fingerprint density at radius 2 is 2.05 bits per heavy atom. The summed E-state index contributed by atoms with van der Waals surface area (Å²) in [4.78, 5) is 2.54. The number of anilines is 1. The molecule has 0 saturated carbocycles. The first-order chi connectivity index (χ1) is 10.5. The van der Waals surface area contributed by atoms with Crippen LogP contribution in [0.3, 0.4) is 0 Å². The predicted octanol–water partition coefficient (Wildman–Crippen LogP) is 3.56. The van der Waals surface area contributed by atoms with Gasteiger partial charge in [-0.05, 0) is 64.3 Å². The van der Waals surface area contributed by atoms with E-state index in [1.807, 2.05) is 6.07 Å². The van der Waals surface area contributed by atoms with Crippen molar-refractivity contribution in [2.45, 2.75) is 45.2 Å². The van der Waals surface area contributed by atoms with Crippen molar-refractivity contribution in [2.24, 2.45) is 5.92 Å². The molecular formula is C17H22FN3O. The highest BCUT2D eigenvalue weighted by Crippen LogP contribution is 2.41. The lowest BCUT2D eigenvalue weighted by Gasteiger charge is -2.56. The van der Waals surface area contributed by atoms with E-state index in [-0.39, 0.29) is 16.9 Å². The number of hydrogen-bond donors (Lipinski definition) is 1. The minimum absolute atomic E-state index is 0.0790. The molecule has 1 aromatic carbocycles. The summed E-state index contributed by atoms with van der Waals surface area (Å²) in [5, 5.41) is 8.39. The summed E-state index contributed by atoms with van der Waals surface area (Å²) in [6.07, 6.45) is 2.43. The number of halogens is 1. The normalized spacial score (nSPS) is 29.9. The lowest BCUT2D eigenvalue weighted by atomic mass is 9.72. The summed E-state index contributed by atoms with van der Waals surface area (Å²) in [7, 11) is 0. The molecule has 3 saturated heterocycles. The second-order valence-electron chi connectivity index (χ2n) is 7.20. The number of aromatic nitrogens is 1. The number of benzene rings is 1. The van der Waals surface area contributed by atoms with Crippen LogP contribution in [-0.2, 0) is 0 Å². The third-order valence-electron chi connectivity index (χ3n) is 5.65. The topological polar surface area (TPSA) is 41.3 Å². The molecule has 1 atom stereocenters. The van der Waals surface area contributed by atoms with E-state index in [1.54, 1.807) is 13.0 Å². The summed E-state index contributed by atoms with van der Waals surface area (Å²) in [5.74, 6) is 0.994. The average molecular weight is 303 g/mol. The molecule has 1 aromatic heterocycles. The van der Waals surface area contributed by atoms with Crippen LogP contribution in [0.4, 0.5) is 10.2 Å². The molecule has 0 aliphatic carbocycles. The quantitative estimate of drug-likeness (QED) is 0.921. The molecule has 5 rings (SSSR count). The van der Waals surface area contributed by atoms with E-state index in [0.29, 0.717) is 23.3 Å². The van der Waals surface area contributed by atoms with Crippen molar-refractivity contribution in [3.05, 3.63) is 23.5 Å². The standard InChI is InChI=1S/C17H22FN3O/c1-10-4-5-12-14(13(10)18)22-20-16(12)19-15-11-6-8-21(9-7-11)17(15,2)3/h4-5,11,15H,6-9H2,1-3H3,(H,19,20)/t15-/m0/s1. The van der Waals surface area contributed by atoms with Gasteiger partial charge in [-0.2, -0.15) is 0 Å². The number of fused-ring (bicyclic) bond motifs is 4. The molecule has 3 aliphatic heterocycles. The summed E-state index contributed by atoms with van der Waals surface area (Å²) in [6.45, 7) is 8.64. The Hall–Kier alpha value is -1.62. The van der Waals surface area contributed by atoms with Gasteiger partial charge in [0.1, 0.15) is 0 Å². The molecule has 0 radical (unpaired) electrons. The maximum absolute atomic E-state index is 14.1. The molecular weight excluding hydrogens is 281 g/mol. The van der Waals surface area contributed by atoms with Crippen LogP contribution in [0.5, 0.6) is 0 Å². The zero-order valence-electron chi connectivity index (χ0n) is 13.3. The van der Waals surface area contributed by atoms with Gasteiger partial charge in [-0.1, -0.05) is 11.2 Å². The van der Waals surface area contributed by atoms with Crippen LogP contribution in [0, 0.1) is 18.7 Å². The van der Waals surface area contributed by atoms with Crippen LogP contribution >= 0.6 is 0 Å². The largest absolute Gasteiger partial charge is 0.362 e. The second-order valence-corrected chi connectivity index (χ2v) is 7.20. The highest BCUT2D eigenvalue weighted by molar-refractivity contribution is 5.89. The van der Waals surface area contributed by atoms with Gasteiger partial charge in [0.25, 0.3) is 0 Å². The maximum Gasteiger partial charge on any atom is 0.204 e. The molecule has 2 aromatic rings. The Bertz CT molecular complexity index is 716. The lowest BCUT2D eigenvalue weighted by Crippen LogP contribution is -2.66. The number of piperidine rings is 3. The van der Waals surface area contributed by atoms with Gasteiger partial charge in [-0.25, -0.2) is 4.39 Å². The molecule has 3 aliphatic rings. The van der Waals surface area contributed by atoms with E-state index in [1.165, 1.54) is 25.9 Å². The predicted molar refractivity (Wildman–Crippen MR) is 84.5 cm³/mol. The lowest BCUT2D eigenvalue weighted by molar-refractivity contribution is -0.0189. The van der Waals surface area contributed by atoms with Crippen molar-refractivity contribution in [3.63, 3.8) is 0 Å².